The zero-order valence-electron chi connectivity index (χ0n) is 10.6. The molecule has 0 heterocycles. The minimum absolute atomic E-state index is 0.137. The van der Waals surface area contributed by atoms with E-state index < -0.39 is 5.54 Å². The molecule has 1 aromatic rings. The van der Waals surface area contributed by atoms with Gasteiger partial charge < -0.3 is 5.32 Å². The molecule has 0 bridgehead atoms. The van der Waals surface area contributed by atoms with E-state index in [0.29, 0.717) is 0 Å². The summed E-state index contributed by atoms with van der Waals surface area (Å²) in [5.41, 5.74) is 1.58. The van der Waals surface area contributed by atoms with Crippen molar-refractivity contribution >= 4 is 5.78 Å². The lowest BCUT2D eigenvalue weighted by molar-refractivity contribution is 0.0889. The van der Waals surface area contributed by atoms with Gasteiger partial charge in [0.15, 0.2) is 5.78 Å². The number of Topliss-reactive ketones (excluding diaryl/α,β-unsaturated/α-hetero) is 1. The van der Waals surface area contributed by atoms with E-state index in [-0.39, 0.29) is 5.78 Å². The summed E-state index contributed by atoms with van der Waals surface area (Å²) in [5, 5.41) is 3.03. The van der Waals surface area contributed by atoms with Crippen LogP contribution in [-0.2, 0) is 6.42 Å². The number of rotatable bonds is 5. The summed E-state index contributed by atoms with van der Waals surface area (Å²) in [5.74, 6) is 0.137. The molecule has 1 rings (SSSR count). The van der Waals surface area contributed by atoms with Crippen molar-refractivity contribution in [3.05, 3.63) is 35.4 Å². The zero-order chi connectivity index (χ0) is 12.2. The minimum atomic E-state index is -0.494. The predicted molar refractivity (Wildman–Crippen MR) is 67.9 cm³/mol. The predicted octanol–water partition coefficient (Wildman–Crippen LogP) is 2.82. The molecule has 0 saturated heterocycles. The fourth-order valence-electron chi connectivity index (χ4n) is 1.59. The van der Waals surface area contributed by atoms with Crippen LogP contribution in [0.2, 0.25) is 0 Å². The van der Waals surface area contributed by atoms with Crippen LogP contribution in [0.1, 0.15) is 43.1 Å². The fraction of sp³-hybridized carbons (Fsp3) is 0.500. The van der Waals surface area contributed by atoms with Gasteiger partial charge in [-0.3, -0.25) is 4.79 Å². The maximum Gasteiger partial charge on any atom is 0.182 e. The Morgan fingerprint density at radius 3 is 2.25 bits per heavy atom. The van der Waals surface area contributed by atoms with E-state index in [1.54, 1.807) is 0 Å². The van der Waals surface area contributed by atoms with Crippen molar-refractivity contribution in [2.45, 2.75) is 39.2 Å². The van der Waals surface area contributed by atoms with Gasteiger partial charge in [-0.15, -0.1) is 0 Å². The first-order valence-corrected chi connectivity index (χ1v) is 5.84. The Hall–Kier alpha value is -1.15. The van der Waals surface area contributed by atoms with E-state index in [0.717, 1.165) is 18.4 Å². The molecule has 0 unspecified atom stereocenters. The maximum absolute atomic E-state index is 12.1. The van der Waals surface area contributed by atoms with E-state index in [1.165, 1.54) is 5.56 Å². The van der Waals surface area contributed by atoms with Crippen LogP contribution in [0.5, 0.6) is 0 Å². The molecule has 0 aliphatic heterocycles. The second-order valence-electron chi connectivity index (χ2n) is 4.65. The van der Waals surface area contributed by atoms with Crippen LogP contribution in [0.3, 0.4) is 0 Å². The SMILES string of the molecule is CCCc1ccc(C(=O)C(C)(C)NC)cc1. The van der Waals surface area contributed by atoms with Crippen molar-refractivity contribution in [1.29, 1.82) is 0 Å². The van der Waals surface area contributed by atoms with Gasteiger partial charge in [-0.05, 0) is 32.9 Å². The van der Waals surface area contributed by atoms with Gasteiger partial charge in [0.05, 0.1) is 5.54 Å². The molecule has 0 aliphatic carbocycles. The minimum Gasteiger partial charge on any atom is -0.308 e. The van der Waals surface area contributed by atoms with Gasteiger partial charge in [0.2, 0.25) is 0 Å². The summed E-state index contributed by atoms with van der Waals surface area (Å²) in [6.07, 6.45) is 2.21. The number of likely N-dealkylation sites (N-methyl/N-ethyl adjacent to an activating group) is 1. The summed E-state index contributed by atoms with van der Waals surface area (Å²) in [6.45, 7) is 5.95. The molecular formula is C14H21NO. The van der Waals surface area contributed by atoms with Crippen molar-refractivity contribution in [2.24, 2.45) is 0 Å². The molecule has 2 nitrogen and oxygen atoms in total. The quantitative estimate of drug-likeness (QED) is 0.772. The molecule has 0 fully saturated rings. The Bertz CT molecular complexity index is 352. The van der Waals surface area contributed by atoms with E-state index >= 15 is 0 Å². The van der Waals surface area contributed by atoms with Crippen LogP contribution >= 0.6 is 0 Å². The second-order valence-corrected chi connectivity index (χ2v) is 4.65. The van der Waals surface area contributed by atoms with Crippen LogP contribution in [0, 0.1) is 0 Å². The van der Waals surface area contributed by atoms with Gasteiger partial charge in [0.25, 0.3) is 0 Å². The first-order valence-electron chi connectivity index (χ1n) is 5.84. The molecule has 1 aromatic carbocycles. The maximum atomic E-state index is 12.1. The Morgan fingerprint density at radius 2 is 1.81 bits per heavy atom. The molecule has 0 aliphatic rings. The molecule has 0 saturated carbocycles. The normalized spacial score (nSPS) is 11.5. The molecule has 0 atom stereocenters. The highest BCUT2D eigenvalue weighted by Gasteiger charge is 2.26. The molecule has 2 heteroatoms. The average molecular weight is 219 g/mol. The molecule has 88 valence electrons. The Labute approximate surface area is 98.1 Å². The van der Waals surface area contributed by atoms with E-state index in [4.69, 9.17) is 0 Å². The van der Waals surface area contributed by atoms with E-state index in [9.17, 15) is 4.79 Å². The van der Waals surface area contributed by atoms with Gasteiger partial charge in [0, 0.05) is 5.56 Å². The van der Waals surface area contributed by atoms with Crippen LogP contribution in [0.15, 0.2) is 24.3 Å². The molecule has 0 amide bonds. The smallest absolute Gasteiger partial charge is 0.182 e. The fourth-order valence-corrected chi connectivity index (χ4v) is 1.59. The first kappa shape index (κ1) is 12.9. The number of carbonyl (C=O) groups excluding carboxylic acids is 1. The molecule has 0 aromatic heterocycles. The topological polar surface area (TPSA) is 29.1 Å². The number of hydrogen-bond donors (Lipinski definition) is 1. The van der Waals surface area contributed by atoms with Crippen molar-refractivity contribution in [1.82, 2.24) is 5.32 Å². The van der Waals surface area contributed by atoms with Crippen LogP contribution in [0.4, 0.5) is 0 Å². The summed E-state index contributed by atoms with van der Waals surface area (Å²) in [4.78, 5) is 12.1. The lowest BCUT2D eigenvalue weighted by Crippen LogP contribution is -2.44. The molecular weight excluding hydrogens is 198 g/mol. The lowest BCUT2D eigenvalue weighted by atomic mass is 9.92. The van der Waals surface area contributed by atoms with Gasteiger partial charge in [-0.25, -0.2) is 0 Å². The molecule has 16 heavy (non-hydrogen) atoms. The number of benzene rings is 1. The largest absolute Gasteiger partial charge is 0.308 e. The highest BCUT2D eigenvalue weighted by Crippen LogP contribution is 2.14. The Morgan fingerprint density at radius 1 is 1.25 bits per heavy atom. The summed E-state index contributed by atoms with van der Waals surface area (Å²) >= 11 is 0. The molecule has 0 radical (unpaired) electrons. The Kier molecular flexibility index (Phi) is 4.25. The van der Waals surface area contributed by atoms with Crippen LogP contribution < -0.4 is 5.32 Å². The van der Waals surface area contributed by atoms with Crippen LogP contribution in [0.25, 0.3) is 0 Å². The Balaban J connectivity index is 2.86. The number of nitrogens with one attached hydrogen (secondary N) is 1. The highest BCUT2D eigenvalue weighted by atomic mass is 16.1. The third kappa shape index (κ3) is 2.92. The van der Waals surface area contributed by atoms with Gasteiger partial charge in [-0.2, -0.15) is 0 Å². The van der Waals surface area contributed by atoms with Crippen LogP contribution in [-0.4, -0.2) is 18.4 Å². The number of carbonyl (C=O) groups is 1. The van der Waals surface area contributed by atoms with Gasteiger partial charge >= 0.3 is 0 Å². The zero-order valence-corrected chi connectivity index (χ0v) is 10.6. The third-order valence-electron chi connectivity index (χ3n) is 2.95. The van der Waals surface area contributed by atoms with Crippen molar-refractivity contribution in [3.63, 3.8) is 0 Å². The number of ketones is 1. The van der Waals surface area contributed by atoms with E-state index in [1.807, 2.05) is 45.2 Å². The summed E-state index contributed by atoms with van der Waals surface area (Å²) in [7, 11) is 1.81. The second kappa shape index (κ2) is 5.26. The monoisotopic (exact) mass is 219 g/mol. The molecule has 1 N–H and O–H groups in total. The van der Waals surface area contributed by atoms with Crippen molar-refractivity contribution < 1.29 is 4.79 Å². The van der Waals surface area contributed by atoms with Crippen molar-refractivity contribution in [3.8, 4) is 0 Å². The number of aryl methyl sites for hydroxylation is 1. The lowest BCUT2D eigenvalue weighted by Gasteiger charge is -2.22. The standard InChI is InChI=1S/C14H21NO/c1-5-6-11-7-9-12(10-8-11)13(16)14(2,3)15-4/h7-10,15H,5-6H2,1-4H3. The first-order chi connectivity index (χ1) is 7.51. The number of hydrogen-bond acceptors (Lipinski definition) is 2. The van der Waals surface area contributed by atoms with Gasteiger partial charge in [0.1, 0.15) is 0 Å². The molecule has 0 spiro atoms. The van der Waals surface area contributed by atoms with Crippen molar-refractivity contribution in [2.75, 3.05) is 7.05 Å². The van der Waals surface area contributed by atoms with E-state index in [2.05, 4.69) is 12.2 Å². The third-order valence-corrected chi connectivity index (χ3v) is 2.95. The van der Waals surface area contributed by atoms with Gasteiger partial charge in [-0.1, -0.05) is 37.6 Å². The summed E-state index contributed by atoms with van der Waals surface area (Å²) in [6, 6.07) is 7.93. The summed E-state index contributed by atoms with van der Waals surface area (Å²) < 4.78 is 0. The average Bonchev–Trinajstić information content (AvgIpc) is 2.29. The highest BCUT2D eigenvalue weighted by molar-refractivity contribution is 6.02.